The zero-order valence-electron chi connectivity index (χ0n) is 13.4. The highest BCUT2D eigenvalue weighted by molar-refractivity contribution is 7.16. The Labute approximate surface area is 131 Å². The summed E-state index contributed by atoms with van der Waals surface area (Å²) in [7, 11) is 0. The Hall–Kier alpha value is -1.34. The molecule has 0 saturated heterocycles. The molecule has 0 spiro atoms. The maximum absolute atomic E-state index is 11.8. The lowest BCUT2D eigenvalue weighted by Gasteiger charge is -2.33. The smallest absolute Gasteiger partial charge is 0.224 e. The molecule has 0 fully saturated rings. The Bertz CT molecular complexity index is 575. The average molecular weight is 304 g/mol. The summed E-state index contributed by atoms with van der Waals surface area (Å²) in [4.78, 5) is 13.1. The quantitative estimate of drug-likeness (QED) is 0.893. The van der Waals surface area contributed by atoms with Gasteiger partial charge in [0.2, 0.25) is 5.91 Å². The second-order valence-corrected chi connectivity index (χ2v) is 8.03. The first-order valence-electron chi connectivity index (χ1n) is 7.71. The van der Waals surface area contributed by atoms with Crippen LogP contribution in [0, 0.1) is 22.7 Å². The Morgan fingerprint density at radius 3 is 2.76 bits per heavy atom. The third-order valence-electron chi connectivity index (χ3n) is 4.33. The summed E-state index contributed by atoms with van der Waals surface area (Å²) in [6.45, 7) is 8.83. The fourth-order valence-electron chi connectivity index (χ4n) is 2.95. The van der Waals surface area contributed by atoms with E-state index in [1.807, 2.05) is 6.92 Å². The highest BCUT2D eigenvalue weighted by Gasteiger charge is 2.32. The summed E-state index contributed by atoms with van der Waals surface area (Å²) in [5.74, 6) is 0.661. The number of nitrogens with one attached hydrogen (secondary N) is 1. The van der Waals surface area contributed by atoms with Crippen molar-refractivity contribution in [3.05, 3.63) is 16.0 Å². The van der Waals surface area contributed by atoms with E-state index in [1.54, 1.807) is 11.3 Å². The van der Waals surface area contributed by atoms with Crippen molar-refractivity contribution in [2.45, 2.75) is 59.8 Å². The second-order valence-electron chi connectivity index (χ2n) is 6.92. The Morgan fingerprint density at radius 1 is 1.48 bits per heavy atom. The minimum atomic E-state index is 0.0139. The second kappa shape index (κ2) is 6.19. The zero-order valence-corrected chi connectivity index (χ0v) is 14.2. The van der Waals surface area contributed by atoms with E-state index in [4.69, 9.17) is 0 Å². The molecule has 0 bridgehead atoms. The van der Waals surface area contributed by atoms with Crippen molar-refractivity contribution in [1.29, 1.82) is 5.26 Å². The fraction of sp³-hybridized carbons (Fsp3) is 0.647. The number of fused-ring (bicyclic) bond motifs is 1. The average Bonchev–Trinajstić information content (AvgIpc) is 2.73. The van der Waals surface area contributed by atoms with Crippen LogP contribution in [0.4, 0.5) is 5.00 Å². The Morgan fingerprint density at radius 2 is 2.19 bits per heavy atom. The number of hydrogen-bond donors (Lipinski definition) is 1. The number of amides is 1. The summed E-state index contributed by atoms with van der Waals surface area (Å²) >= 11 is 1.61. The molecule has 0 unspecified atom stereocenters. The van der Waals surface area contributed by atoms with Crippen LogP contribution in [-0.2, 0) is 17.6 Å². The van der Waals surface area contributed by atoms with Crippen molar-refractivity contribution >= 4 is 22.2 Å². The van der Waals surface area contributed by atoms with Crippen LogP contribution < -0.4 is 5.32 Å². The lowest BCUT2D eigenvalue weighted by molar-refractivity contribution is -0.116. The topological polar surface area (TPSA) is 52.9 Å². The van der Waals surface area contributed by atoms with Crippen LogP contribution in [0.1, 0.15) is 63.0 Å². The van der Waals surface area contributed by atoms with Crippen molar-refractivity contribution in [2.75, 3.05) is 5.32 Å². The normalized spacial score (nSPS) is 18.0. The molecule has 1 aliphatic carbocycles. The molecule has 1 aromatic heterocycles. The van der Waals surface area contributed by atoms with Crippen molar-refractivity contribution in [1.82, 2.24) is 0 Å². The van der Waals surface area contributed by atoms with Gasteiger partial charge in [0.05, 0.1) is 5.56 Å². The Kier molecular flexibility index (Phi) is 4.73. The van der Waals surface area contributed by atoms with Crippen LogP contribution in [0.15, 0.2) is 0 Å². The lowest BCUT2D eigenvalue weighted by atomic mass is 9.72. The van der Waals surface area contributed by atoms with Crippen LogP contribution in [0.3, 0.4) is 0 Å². The number of rotatable bonds is 3. The van der Waals surface area contributed by atoms with E-state index in [2.05, 4.69) is 32.2 Å². The van der Waals surface area contributed by atoms with Crippen LogP contribution in [-0.4, -0.2) is 5.91 Å². The summed E-state index contributed by atoms with van der Waals surface area (Å²) < 4.78 is 0. The first-order valence-corrected chi connectivity index (χ1v) is 8.53. The molecule has 0 aromatic carbocycles. The molecule has 2 rings (SSSR count). The van der Waals surface area contributed by atoms with E-state index >= 15 is 0 Å². The van der Waals surface area contributed by atoms with Gasteiger partial charge >= 0.3 is 0 Å². The summed E-state index contributed by atoms with van der Waals surface area (Å²) in [5, 5.41) is 13.1. The first-order chi connectivity index (χ1) is 9.86. The largest absolute Gasteiger partial charge is 0.317 e. The molecule has 1 aliphatic rings. The molecule has 1 heterocycles. The lowest BCUT2D eigenvalue weighted by Crippen LogP contribution is -2.26. The summed E-state index contributed by atoms with van der Waals surface area (Å²) in [6, 6.07) is 2.30. The van der Waals surface area contributed by atoms with Gasteiger partial charge in [-0.05, 0) is 42.6 Å². The van der Waals surface area contributed by atoms with Crippen LogP contribution >= 0.6 is 11.3 Å². The van der Waals surface area contributed by atoms with E-state index in [0.717, 1.165) is 30.7 Å². The number of nitrogens with zero attached hydrogens (tertiary/aromatic N) is 1. The van der Waals surface area contributed by atoms with Gasteiger partial charge in [-0.25, -0.2) is 0 Å². The molecule has 0 aliphatic heterocycles. The number of nitriles is 1. The van der Waals surface area contributed by atoms with Crippen molar-refractivity contribution in [2.24, 2.45) is 11.3 Å². The van der Waals surface area contributed by atoms with Gasteiger partial charge in [-0.15, -0.1) is 11.3 Å². The third kappa shape index (κ3) is 3.47. The maximum atomic E-state index is 11.8. The SMILES string of the molecule is CCCC(=O)Nc1sc2c(c1C#N)CC[C@H](C(C)(C)C)C2. The molecule has 0 saturated carbocycles. The molecule has 1 atom stereocenters. The number of anilines is 1. The minimum Gasteiger partial charge on any atom is -0.317 e. The highest BCUT2D eigenvalue weighted by Crippen LogP contribution is 2.43. The van der Waals surface area contributed by atoms with E-state index in [-0.39, 0.29) is 5.91 Å². The molecule has 1 N–H and O–H groups in total. The van der Waals surface area contributed by atoms with Crippen LogP contribution in [0.2, 0.25) is 0 Å². The molecular formula is C17H24N2OS. The third-order valence-corrected chi connectivity index (χ3v) is 5.50. The van der Waals surface area contributed by atoms with E-state index in [0.29, 0.717) is 23.3 Å². The van der Waals surface area contributed by atoms with Crippen molar-refractivity contribution < 1.29 is 4.79 Å². The zero-order chi connectivity index (χ0) is 15.6. The molecular weight excluding hydrogens is 280 g/mol. The summed E-state index contributed by atoms with van der Waals surface area (Å²) in [6.07, 6.45) is 4.45. The van der Waals surface area contributed by atoms with Crippen LogP contribution in [0.25, 0.3) is 0 Å². The van der Waals surface area contributed by atoms with Gasteiger partial charge in [-0.3, -0.25) is 4.79 Å². The van der Waals surface area contributed by atoms with Gasteiger partial charge < -0.3 is 5.32 Å². The van der Waals surface area contributed by atoms with Gasteiger partial charge in [0.25, 0.3) is 0 Å². The van der Waals surface area contributed by atoms with Gasteiger partial charge in [0, 0.05) is 11.3 Å². The summed E-state index contributed by atoms with van der Waals surface area (Å²) in [5.41, 5.74) is 2.17. The molecule has 21 heavy (non-hydrogen) atoms. The van der Waals surface area contributed by atoms with Crippen molar-refractivity contribution in [3.63, 3.8) is 0 Å². The maximum Gasteiger partial charge on any atom is 0.224 e. The Balaban J connectivity index is 2.26. The first kappa shape index (κ1) is 16.0. The van der Waals surface area contributed by atoms with Crippen LogP contribution in [0.5, 0.6) is 0 Å². The van der Waals surface area contributed by atoms with Gasteiger partial charge in [0.1, 0.15) is 11.1 Å². The number of carbonyl (C=O) groups excluding carboxylic acids is 1. The molecule has 0 radical (unpaired) electrons. The van der Waals surface area contributed by atoms with Gasteiger partial charge in [0.15, 0.2) is 0 Å². The molecule has 114 valence electrons. The number of thiophene rings is 1. The van der Waals surface area contributed by atoms with Gasteiger partial charge in [-0.1, -0.05) is 27.7 Å². The monoisotopic (exact) mass is 304 g/mol. The number of carbonyl (C=O) groups is 1. The highest BCUT2D eigenvalue weighted by atomic mass is 32.1. The molecule has 1 amide bonds. The standard InChI is InChI=1S/C17H24N2OS/c1-5-6-15(20)19-16-13(10-18)12-8-7-11(17(2,3)4)9-14(12)21-16/h11H,5-9H2,1-4H3,(H,19,20)/t11-/m0/s1. The molecule has 4 heteroatoms. The van der Waals surface area contributed by atoms with Crippen molar-refractivity contribution in [3.8, 4) is 6.07 Å². The minimum absolute atomic E-state index is 0.0139. The van der Waals surface area contributed by atoms with E-state index < -0.39 is 0 Å². The molecule has 1 aromatic rings. The fourth-order valence-corrected chi connectivity index (χ4v) is 4.24. The van der Waals surface area contributed by atoms with E-state index in [1.165, 1.54) is 10.4 Å². The predicted octanol–water partition coefficient (Wildman–Crippen LogP) is 4.51. The van der Waals surface area contributed by atoms with Gasteiger partial charge in [-0.2, -0.15) is 5.26 Å². The predicted molar refractivity (Wildman–Crippen MR) is 87.5 cm³/mol. The molecule has 3 nitrogen and oxygen atoms in total. The van der Waals surface area contributed by atoms with E-state index in [9.17, 15) is 10.1 Å². The number of hydrogen-bond acceptors (Lipinski definition) is 3.